The van der Waals surface area contributed by atoms with Crippen molar-refractivity contribution in [2.45, 2.75) is 12.1 Å². The minimum Gasteiger partial charge on any atom is -0.497 e. The number of nitrogens with zero attached hydrogens (tertiary/aromatic N) is 1. The maximum absolute atomic E-state index is 13.6. The molecule has 7 nitrogen and oxygen atoms in total. The highest BCUT2D eigenvalue weighted by atomic mass is 19.1. The third-order valence-corrected chi connectivity index (χ3v) is 4.37. The lowest BCUT2D eigenvalue weighted by molar-refractivity contribution is -0.561. The van der Waals surface area contributed by atoms with Crippen LogP contribution in [-0.2, 0) is 0 Å². The fraction of sp³-hybridized carbons (Fsp3) is 0.167. The number of halogens is 1. The minimum atomic E-state index is -1.52. The molecule has 0 unspecified atom stereocenters. The monoisotopic (exact) mass is 357 g/mol. The maximum Gasteiger partial charge on any atom is 0.365 e. The molecule has 132 valence electrons. The number of fused-ring (bicyclic) bond motifs is 3. The Hall–Kier alpha value is -3.42. The van der Waals surface area contributed by atoms with Crippen molar-refractivity contribution < 1.29 is 23.2 Å². The van der Waals surface area contributed by atoms with Crippen LogP contribution in [-0.4, -0.2) is 18.3 Å². The lowest BCUT2D eigenvalue weighted by Crippen LogP contribution is -2.29. The van der Waals surface area contributed by atoms with Gasteiger partial charge in [0.2, 0.25) is 0 Å². The lowest BCUT2D eigenvalue weighted by atomic mass is 9.91. The van der Waals surface area contributed by atoms with E-state index in [0.29, 0.717) is 11.3 Å². The zero-order valence-electron chi connectivity index (χ0n) is 13.5. The van der Waals surface area contributed by atoms with E-state index in [-0.39, 0.29) is 22.3 Å². The molecule has 0 aliphatic carbocycles. The van der Waals surface area contributed by atoms with Crippen molar-refractivity contribution in [1.29, 1.82) is 0 Å². The molecule has 4 rings (SSSR count). The van der Waals surface area contributed by atoms with Crippen molar-refractivity contribution in [2.24, 2.45) is 0 Å². The summed E-state index contributed by atoms with van der Waals surface area (Å²) in [4.78, 5) is 23.4. The Kier molecular flexibility index (Phi) is 3.61. The number of benzene rings is 2. The van der Waals surface area contributed by atoms with Gasteiger partial charge >= 0.3 is 11.9 Å². The van der Waals surface area contributed by atoms with E-state index in [4.69, 9.17) is 13.9 Å². The second kappa shape index (κ2) is 5.83. The molecule has 26 heavy (non-hydrogen) atoms. The smallest absolute Gasteiger partial charge is 0.365 e. The standard InChI is InChI=1S/C18H12FNO6/c1-24-11-5-2-9(3-6-11)14-15-16(26-17(14)20(22)23)12-8-10(19)4-7-13(12)25-18(15)21/h2-8,14,17H,1H3/t14-,17-/m1/s1. The molecule has 2 atom stereocenters. The molecular weight excluding hydrogens is 345 g/mol. The van der Waals surface area contributed by atoms with E-state index in [0.717, 1.165) is 12.1 Å². The molecule has 2 heterocycles. The van der Waals surface area contributed by atoms with Crippen LogP contribution in [0, 0.1) is 15.9 Å². The molecule has 2 aromatic carbocycles. The average molecular weight is 357 g/mol. The van der Waals surface area contributed by atoms with Crippen LogP contribution < -0.4 is 15.1 Å². The quantitative estimate of drug-likeness (QED) is 0.406. The highest BCUT2D eigenvalue weighted by molar-refractivity contribution is 5.85. The predicted octanol–water partition coefficient (Wildman–Crippen LogP) is 3.07. The van der Waals surface area contributed by atoms with Gasteiger partial charge in [-0.3, -0.25) is 10.1 Å². The summed E-state index contributed by atoms with van der Waals surface area (Å²) in [5, 5.41) is 11.7. The van der Waals surface area contributed by atoms with E-state index >= 15 is 0 Å². The molecule has 0 amide bonds. The summed E-state index contributed by atoms with van der Waals surface area (Å²) >= 11 is 0. The van der Waals surface area contributed by atoms with Crippen molar-refractivity contribution in [3.63, 3.8) is 0 Å². The largest absolute Gasteiger partial charge is 0.497 e. The Bertz CT molecular complexity index is 1080. The van der Waals surface area contributed by atoms with E-state index in [1.54, 1.807) is 24.3 Å². The van der Waals surface area contributed by atoms with Crippen molar-refractivity contribution in [1.82, 2.24) is 0 Å². The van der Waals surface area contributed by atoms with E-state index in [1.807, 2.05) is 0 Å². The number of nitro groups is 1. The Morgan fingerprint density at radius 2 is 1.92 bits per heavy atom. The Labute approximate surface area is 145 Å². The van der Waals surface area contributed by atoms with Crippen LogP contribution in [0.5, 0.6) is 11.5 Å². The van der Waals surface area contributed by atoms with Crippen LogP contribution >= 0.6 is 0 Å². The molecule has 8 heteroatoms. The van der Waals surface area contributed by atoms with Gasteiger partial charge in [-0.15, -0.1) is 0 Å². The highest BCUT2D eigenvalue weighted by Crippen LogP contribution is 2.44. The van der Waals surface area contributed by atoms with Crippen LogP contribution in [0.25, 0.3) is 11.0 Å². The summed E-state index contributed by atoms with van der Waals surface area (Å²) in [6.07, 6.45) is -1.52. The van der Waals surface area contributed by atoms with E-state index in [2.05, 4.69) is 0 Å². The van der Waals surface area contributed by atoms with Gasteiger partial charge in [0.1, 0.15) is 28.8 Å². The SMILES string of the molecule is COc1ccc([C@@H]2c3c(c4cc(F)ccc4oc3=O)O[C@H]2[N+](=O)[O-])cc1. The van der Waals surface area contributed by atoms with Crippen molar-refractivity contribution in [3.8, 4) is 11.5 Å². The van der Waals surface area contributed by atoms with Gasteiger partial charge in [-0.1, -0.05) is 12.1 Å². The molecule has 0 saturated carbocycles. The van der Waals surface area contributed by atoms with Gasteiger partial charge in [-0.05, 0) is 35.9 Å². The van der Waals surface area contributed by atoms with Crippen LogP contribution in [0.1, 0.15) is 17.0 Å². The number of hydrogen-bond acceptors (Lipinski definition) is 6. The van der Waals surface area contributed by atoms with Crippen LogP contribution in [0.15, 0.2) is 51.7 Å². The van der Waals surface area contributed by atoms with Gasteiger partial charge in [-0.25, -0.2) is 9.18 Å². The van der Waals surface area contributed by atoms with Crippen LogP contribution in [0.2, 0.25) is 0 Å². The number of rotatable bonds is 3. The normalized spacial score (nSPS) is 18.4. The predicted molar refractivity (Wildman–Crippen MR) is 88.7 cm³/mol. The topological polar surface area (TPSA) is 91.8 Å². The molecule has 0 saturated heterocycles. The van der Waals surface area contributed by atoms with E-state index in [9.17, 15) is 19.3 Å². The Morgan fingerprint density at radius 3 is 2.58 bits per heavy atom. The van der Waals surface area contributed by atoms with Crippen molar-refractivity contribution in [3.05, 3.63) is 79.9 Å². The Balaban J connectivity index is 1.97. The first kappa shape index (κ1) is 16.1. The second-order valence-electron chi connectivity index (χ2n) is 5.82. The first-order valence-corrected chi connectivity index (χ1v) is 7.70. The van der Waals surface area contributed by atoms with Crippen LogP contribution in [0.3, 0.4) is 0 Å². The Morgan fingerprint density at radius 1 is 1.19 bits per heavy atom. The molecule has 1 aliphatic heterocycles. The first-order valence-electron chi connectivity index (χ1n) is 7.70. The number of hydrogen-bond donors (Lipinski definition) is 0. The summed E-state index contributed by atoms with van der Waals surface area (Å²) in [5.41, 5.74) is -0.138. The summed E-state index contributed by atoms with van der Waals surface area (Å²) in [6.45, 7) is 0. The summed E-state index contributed by atoms with van der Waals surface area (Å²) < 4.78 is 29.4. The lowest BCUT2D eigenvalue weighted by Gasteiger charge is -2.12. The zero-order valence-corrected chi connectivity index (χ0v) is 13.5. The average Bonchev–Trinajstić information content (AvgIpc) is 3.04. The van der Waals surface area contributed by atoms with Gasteiger partial charge < -0.3 is 13.9 Å². The second-order valence-corrected chi connectivity index (χ2v) is 5.82. The fourth-order valence-electron chi connectivity index (χ4n) is 3.20. The third-order valence-electron chi connectivity index (χ3n) is 4.37. The highest BCUT2D eigenvalue weighted by Gasteiger charge is 2.47. The van der Waals surface area contributed by atoms with E-state index < -0.39 is 28.5 Å². The molecule has 0 N–H and O–H groups in total. The third kappa shape index (κ3) is 2.38. The minimum absolute atomic E-state index is 0.00923. The van der Waals surface area contributed by atoms with Gasteiger partial charge in [0, 0.05) is 0 Å². The number of methoxy groups -OCH3 is 1. The summed E-state index contributed by atoms with van der Waals surface area (Å²) in [6, 6.07) is 10.1. The van der Waals surface area contributed by atoms with Crippen molar-refractivity contribution >= 4 is 11.0 Å². The van der Waals surface area contributed by atoms with Gasteiger partial charge in [0.05, 0.1) is 23.0 Å². The molecule has 1 aromatic heterocycles. The number of ether oxygens (including phenoxy) is 2. The maximum atomic E-state index is 13.6. The van der Waals surface area contributed by atoms with Gasteiger partial charge in [-0.2, -0.15) is 0 Å². The summed E-state index contributed by atoms with van der Waals surface area (Å²) in [5.74, 6) is -0.992. The fourth-order valence-corrected chi connectivity index (χ4v) is 3.20. The first-order chi connectivity index (χ1) is 12.5. The van der Waals surface area contributed by atoms with Crippen molar-refractivity contribution in [2.75, 3.05) is 7.11 Å². The summed E-state index contributed by atoms with van der Waals surface area (Å²) in [7, 11) is 1.50. The zero-order chi connectivity index (χ0) is 18.4. The van der Waals surface area contributed by atoms with E-state index in [1.165, 1.54) is 13.2 Å². The van der Waals surface area contributed by atoms with Gasteiger partial charge in [0.15, 0.2) is 0 Å². The molecule has 1 aliphatic rings. The molecule has 3 aromatic rings. The van der Waals surface area contributed by atoms with Gasteiger partial charge in [0.25, 0.3) is 0 Å². The molecule has 0 bridgehead atoms. The van der Waals surface area contributed by atoms with Crippen LogP contribution in [0.4, 0.5) is 4.39 Å². The molecule has 0 spiro atoms. The molecule has 0 fully saturated rings. The molecule has 0 radical (unpaired) electrons. The molecular formula is C18H12FNO6.